The molecule has 0 saturated heterocycles. The molecule has 50 valence electrons. The molecule has 0 aromatic rings. The summed E-state index contributed by atoms with van der Waals surface area (Å²) in [6.07, 6.45) is -1.61. The summed E-state index contributed by atoms with van der Waals surface area (Å²) in [6.45, 7) is 0. The largest absolute Gasteiger partial charge is 0.352 e. The Kier molecular flexibility index (Phi) is 2.88. The summed E-state index contributed by atoms with van der Waals surface area (Å²) in [4.78, 5) is 28.8. The SMILES string of the molecule is NC(=O)NC(N=O)N=O. The summed E-state index contributed by atoms with van der Waals surface area (Å²) in [6, 6.07) is -1.01. The zero-order valence-electron chi connectivity index (χ0n) is 4.27. The molecule has 0 aliphatic carbocycles. The standard InChI is InChI=1S/C2H4N4O3/c3-1(7)4-2(5-8)6-9/h2H,(H3,3,4,7). The molecule has 3 N–H and O–H groups in total. The van der Waals surface area contributed by atoms with E-state index in [4.69, 9.17) is 0 Å². The minimum atomic E-state index is -1.61. The number of nitrogens with two attached hydrogens (primary N) is 1. The zero-order chi connectivity index (χ0) is 7.28. The summed E-state index contributed by atoms with van der Waals surface area (Å²) in [5.74, 6) is 0. The van der Waals surface area contributed by atoms with Crippen LogP contribution in [0.25, 0.3) is 0 Å². The van der Waals surface area contributed by atoms with Gasteiger partial charge in [0.05, 0.1) is 0 Å². The number of carbonyl (C=O) groups is 1. The molecular weight excluding hydrogens is 128 g/mol. The van der Waals surface area contributed by atoms with Crippen molar-refractivity contribution in [3.8, 4) is 0 Å². The van der Waals surface area contributed by atoms with E-state index in [9.17, 15) is 14.6 Å². The predicted molar refractivity (Wildman–Crippen MR) is 28.1 cm³/mol. The molecule has 0 radical (unpaired) electrons. The molecule has 0 aromatic carbocycles. The van der Waals surface area contributed by atoms with Crippen molar-refractivity contribution < 1.29 is 4.79 Å². The molecule has 7 heteroatoms. The minimum Gasteiger partial charge on any atom is -0.352 e. The number of nitroso groups, excluding NO2 is 2. The number of primary amides is 1. The van der Waals surface area contributed by atoms with E-state index < -0.39 is 12.3 Å². The average Bonchev–Trinajstić information content (AvgIpc) is 1.82. The maximum absolute atomic E-state index is 9.84. The van der Waals surface area contributed by atoms with Crippen molar-refractivity contribution in [2.75, 3.05) is 0 Å². The second kappa shape index (κ2) is 3.47. The van der Waals surface area contributed by atoms with E-state index in [1.54, 1.807) is 5.32 Å². The molecule has 0 atom stereocenters. The predicted octanol–water partition coefficient (Wildman–Crippen LogP) is -0.529. The lowest BCUT2D eigenvalue weighted by atomic mass is 10.8. The van der Waals surface area contributed by atoms with Crippen LogP contribution in [-0.4, -0.2) is 12.3 Å². The normalized spacial score (nSPS) is 8.56. The Morgan fingerprint density at radius 2 is 1.89 bits per heavy atom. The number of carbonyl (C=O) groups excluding carboxylic acids is 1. The molecule has 0 spiro atoms. The quantitative estimate of drug-likeness (QED) is 0.503. The fourth-order valence-electron chi connectivity index (χ4n) is 0.199. The first-order chi connectivity index (χ1) is 4.20. The topological polar surface area (TPSA) is 114 Å². The molecule has 0 fully saturated rings. The lowest BCUT2D eigenvalue weighted by Gasteiger charge is -1.96. The van der Waals surface area contributed by atoms with Crippen molar-refractivity contribution >= 4 is 6.03 Å². The first kappa shape index (κ1) is 7.47. The second-order valence-corrected chi connectivity index (χ2v) is 1.09. The summed E-state index contributed by atoms with van der Waals surface area (Å²) < 4.78 is 0. The van der Waals surface area contributed by atoms with Gasteiger partial charge < -0.3 is 5.73 Å². The van der Waals surface area contributed by atoms with E-state index in [1.165, 1.54) is 0 Å². The summed E-state index contributed by atoms with van der Waals surface area (Å²) in [7, 11) is 0. The number of hydrogen-bond acceptors (Lipinski definition) is 5. The number of hydrogen-bond donors (Lipinski definition) is 2. The van der Waals surface area contributed by atoms with E-state index in [0.29, 0.717) is 0 Å². The van der Waals surface area contributed by atoms with Crippen LogP contribution < -0.4 is 11.1 Å². The molecule has 0 aromatic heterocycles. The number of nitrogens with zero attached hydrogens (tertiary/aromatic N) is 2. The highest BCUT2D eigenvalue weighted by Gasteiger charge is 2.07. The molecule has 0 saturated carbocycles. The summed E-state index contributed by atoms with van der Waals surface area (Å²) in [5.41, 5.74) is 4.50. The Labute approximate surface area is 49.5 Å². The number of rotatable bonds is 3. The minimum absolute atomic E-state index is 1.01. The van der Waals surface area contributed by atoms with Crippen molar-refractivity contribution in [2.24, 2.45) is 16.1 Å². The van der Waals surface area contributed by atoms with Crippen molar-refractivity contribution in [1.29, 1.82) is 0 Å². The summed E-state index contributed by atoms with van der Waals surface area (Å²) in [5, 5.41) is 5.87. The van der Waals surface area contributed by atoms with E-state index in [0.717, 1.165) is 0 Å². The van der Waals surface area contributed by atoms with Gasteiger partial charge in [0.2, 0.25) is 0 Å². The van der Waals surface area contributed by atoms with Gasteiger partial charge in [-0.3, -0.25) is 5.32 Å². The molecular formula is C2H4N4O3. The lowest BCUT2D eigenvalue weighted by Crippen LogP contribution is -2.35. The Morgan fingerprint density at radius 3 is 2.00 bits per heavy atom. The van der Waals surface area contributed by atoms with Gasteiger partial charge in [-0.15, -0.1) is 9.81 Å². The molecule has 0 bridgehead atoms. The fourth-order valence-corrected chi connectivity index (χ4v) is 0.199. The van der Waals surface area contributed by atoms with Crippen LogP contribution in [0.4, 0.5) is 4.79 Å². The van der Waals surface area contributed by atoms with Crippen LogP contribution in [0.2, 0.25) is 0 Å². The van der Waals surface area contributed by atoms with Crippen molar-refractivity contribution in [3.63, 3.8) is 0 Å². The van der Waals surface area contributed by atoms with Crippen LogP contribution in [0.15, 0.2) is 10.4 Å². The van der Waals surface area contributed by atoms with E-state index in [-0.39, 0.29) is 0 Å². The third kappa shape index (κ3) is 3.09. The van der Waals surface area contributed by atoms with Gasteiger partial charge in [0.15, 0.2) is 0 Å². The first-order valence-electron chi connectivity index (χ1n) is 1.91. The van der Waals surface area contributed by atoms with Gasteiger partial charge in [0, 0.05) is 0 Å². The van der Waals surface area contributed by atoms with E-state index in [1.807, 2.05) is 0 Å². The molecule has 0 unspecified atom stereocenters. The van der Waals surface area contributed by atoms with E-state index in [2.05, 4.69) is 16.1 Å². The maximum Gasteiger partial charge on any atom is 0.315 e. The van der Waals surface area contributed by atoms with E-state index >= 15 is 0 Å². The molecule has 0 aliphatic heterocycles. The van der Waals surface area contributed by atoms with Gasteiger partial charge in [-0.25, -0.2) is 4.79 Å². The van der Waals surface area contributed by atoms with Crippen molar-refractivity contribution in [2.45, 2.75) is 6.29 Å². The highest BCUT2D eigenvalue weighted by Crippen LogP contribution is 1.83. The number of urea groups is 1. The van der Waals surface area contributed by atoms with Gasteiger partial charge in [0.1, 0.15) is 0 Å². The zero-order valence-corrected chi connectivity index (χ0v) is 4.27. The second-order valence-electron chi connectivity index (χ2n) is 1.09. The number of nitrogens with one attached hydrogen (secondary N) is 1. The van der Waals surface area contributed by atoms with Gasteiger partial charge >= 0.3 is 6.03 Å². The smallest absolute Gasteiger partial charge is 0.315 e. The van der Waals surface area contributed by atoms with Gasteiger partial charge in [-0.2, -0.15) is 0 Å². The first-order valence-corrected chi connectivity index (χ1v) is 1.91. The Balaban J connectivity index is 3.68. The van der Waals surface area contributed by atoms with Crippen molar-refractivity contribution in [3.05, 3.63) is 9.81 Å². The third-order valence-electron chi connectivity index (χ3n) is 0.471. The van der Waals surface area contributed by atoms with Crippen LogP contribution >= 0.6 is 0 Å². The van der Waals surface area contributed by atoms with Crippen LogP contribution in [0.3, 0.4) is 0 Å². The van der Waals surface area contributed by atoms with Crippen LogP contribution in [0.5, 0.6) is 0 Å². The van der Waals surface area contributed by atoms with Gasteiger partial charge in [-0.1, -0.05) is 0 Å². The van der Waals surface area contributed by atoms with Crippen LogP contribution in [-0.2, 0) is 0 Å². The third-order valence-corrected chi connectivity index (χ3v) is 0.471. The molecule has 0 rings (SSSR count). The van der Waals surface area contributed by atoms with Crippen LogP contribution in [0.1, 0.15) is 0 Å². The molecule has 0 aliphatic rings. The maximum atomic E-state index is 9.84. The molecule has 0 heterocycles. The molecule has 2 amide bonds. The Morgan fingerprint density at radius 1 is 1.44 bits per heavy atom. The monoisotopic (exact) mass is 132 g/mol. The van der Waals surface area contributed by atoms with Gasteiger partial charge in [-0.05, 0) is 10.4 Å². The van der Waals surface area contributed by atoms with Gasteiger partial charge in [0.25, 0.3) is 6.29 Å². The highest BCUT2D eigenvalue weighted by atomic mass is 16.3. The Hall–Kier alpha value is -1.53. The number of amides is 2. The van der Waals surface area contributed by atoms with Crippen molar-refractivity contribution in [1.82, 2.24) is 5.32 Å². The fraction of sp³-hybridized carbons (Fsp3) is 0.500. The Bertz CT molecular complexity index is 126. The highest BCUT2D eigenvalue weighted by molar-refractivity contribution is 5.71. The molecule has 9 heavy (non-hydrogen) atoms. The lowest BCUT2D eigenvalue weighted by molar-refractivity contribution is 0.246. The average molecular weight is 132 g/mol. The van der Waals surface area contributed by atoms with Crippen LogP contribution in [0, 0.1) is 9.81 Å². The molecule has 7 nitrogen and oxygen atoms in total. The summed E-state index contributed by atoms with van der Waals surface area (Å²) >= 11 is 0.